The summed E-state index contributed by atoms with van der Waals surface area (Å²) < 4.78 is 13.6. The summed E-state index contributed by atoms with van der Waals surface area (Å²) in [4.78, 5) is 32.2. The number of carbonyl (C=O) groups is 2. The number of aromatic nitrogens is 3. The van der Waals surface area contributed by atoms with E-state index in [9.17, 15) is 14.0 Å². The highest BCUT2D eigenvalue weighted by Crippen LogP contribution is 2.45. The van der Waals surface area contributed by atoms with E-state index in [-0.39, 0.29) is 35.3 Å². The van der Waals surface area contributed by atoms with Crippen molar-refractivity contribution in [1.29, 1.82) is 0 Å². The van der Waals surface area contributed by atoms with Crippen LogP contribution in [0.3, 0.4) is 0 Å². The van der Waals surface area contributed by atoms with Crippen molar-refractivity contribution in [3.63, 3.8) is 0 Å². The lowest BCUT2D eigenvalue weighted by molar-refractivity contribution is -0.119. The zero-order chi connectivity index (χ0) is 27.3. The zero-order valence-corrected chi connectivity index (χ0v) is 22.3. The van der Waals surface area contributed by atoms with E-state index in [0.29, 0.717) is 24.1 Å². The lowest BCUT2D eigenvalue weighted by Crippen LogP contribution is -2.33. The predicted molar refractivity (Wildman–Crippen MR) is 148 cm³/mol. The smallest absolute Gasteiger partial charge is 0.243 e. The molecular formula is C31H32FN5O2. The number of nitrogens with zero attached hydrogens (tertiary/aromatic N) is 3. The van der Waals surface area contributed by atoms with Gasteiger partial charge in [-0.25, -0.2) is 9.82 Å². The Bertz CT molecular complexity index is 1500. The monoisotopic (exact) mass is 525 g/mol. The Kier molecular flexibility index (Phi) is 6.41. The molecule has 2 aromatic heterocycles. The van der Waals surface area contributed by atoms with Crippen LogP contribution in [0.1, 0.15) is 57.2 Å². The maximum atomic E-state index is 13.6. The van der Waals surface area contributed by atoms with Crippen LogP contribution < -0.4 is 10.7 Å². The van der Waals surface area contributed by atoms with Crippen molar-refractivity contribution in [2.24, 2.45) is 23.7 Å². The molecular weight excluding hydrogens is 493 g/mol. The van der Waals surface area contributed by atoms with Crippen LogP contribution in [0.15, 0.2) is 66.1 Å². The molecule has 4 atom stereocenters. The summed E-state index contributed by atoms with van der Waals surface area (Å²) in [6.45, 7) is 6.36. The summed E-state index contributed by atoms with van der Waals surface area (Å²) in [6.07, 6.45) is 9.51. The van der Waals surface area contributed by atoms with Crippen molar-refractivity contribution < 1.29 is 14.0 Å². The lowest BCUT2D eigenvalue weighted by atomic mass is 9.73. The number of halogens is 1. The van der Waals surface area contributed by atoms with Crippen molar-refractivity contribution in [1.82, 2.24) is 14.9 Å². The molecule has 3 heterocycles. The highest BCUT2D eigenvalue weighted by molar-refractivity contribution is 6.01. The van der Waals surface area contributed by atoms with Crippen molar-refractivity contribution in [3.05, 3.63) is 83.2 Å². The van der Waals surface area contributed by atoms with Crippen LogP contribution >= 0.6 is 0 Å². The molecule has 3 aromatic rings. The van der Waals surface area contributed by atoms with Crippen LogP contribution in [0.5, 0.6) is 0 Å². The number of allylic oxidation sites excluding steroid dienone is 3. The summed E-state index contributed by atoms with van der Waals surface area (Å²) in [7, 11) is 0. The molecule has 0 spiro atoms. The van der Waals surface area contributed by atoms with E-state index in [1.807, 2.05) is 30.4 Å². The molecule has 0 bridgehead atoms. The highest BCUT2D eigenvalue weighted by Gasteiger charge is 2.41. The van der Waals surface area contributed by atoms with E-state index in [0.717, 1.165) is 46.5 Å². The van der Waals surface area contributed by atoms with Crippen molar-refractivity contribution >= 4 is 23.6 Å². The molecule has 0 saturated heterocycles. The molecule has 1 aliphatic heterocycles. The first-order chi connectivity index (χ1) is 18.8. The van der Waals surface area contributed by atoms with Crippen molar-refractivity contribution in [2.75, 3.05) is 10.7 Å². The highest BCUT2D eigenvalue weighted by atomic mass is 19.1. The maximum absolute atomic E-state index is 13.6. The molecule has 2 N–H and O–H groups in total. The molecule has 4 unspecified atom stereocenters. The standard InChI is InChI=1S/C31H32FN5O2/c1-17(2)21-13-27-29(28(38)14-21)24(26-16-34-37(30(26)35-27)36-31(39)25-11-18(25)3)10-9-23-8-7-20(15-33-23)19-5-4-6-22(32)12-19/h4-10,12,15-18,21,24-25,35H,11,13-14H2,1-3H3,(H,36,39)/b10-9+. The van der Waals surface area contributed by atoms with E-state index < -0.39 is 0 Å². The van der Waals surface area contributed by atoms with Gasteiger partial charge in [-0.05, 0) is 60.4 Å². The van der Waals surface area contributed by atoms with Gasteiger partial charge in [0, 0.05) is 46.9 Å². The van der Waals surface area contributed by atoms with Crippen LogP contribution in [0.4, 0.5) is 10.2 Å². The number of ketones is 1. The van der Waals surface area contributed by atoms with Gasteiger partial charge in [0.25, 0.3) is 0 Å². The van der Waals surface area contributed by atoms with E-state index in [1.54, 1.807) is 18.5 Å². The maximum Gasteiger partial charge on any atom is 0.243 e. The molecule has 7 nitrogen and oxygen atoms in total. The second-order valence-electron chi connectivity index (χ2n) is 11.3. The van der Waals surface area contributed by atoms with Crippen molar-refractivity contribution in [2.45, 2.75) is 46.0 Å². The number of carbonyl (C=O) groups excluding carboxylic acids is 2. The molecule has 6 rings (SSSR count). The van der Waals surface area contributed by atoms with Gasteiger partial charge >= 0.3 is 0 Å². The number of Topliss-reactive ketones (excluding diaryl/α,β-unsaturated/α-hetero) is 1. The zero-order valence-electron chi connectivity index (χ0n) is 22.3. The third-order valence-electron chi connectivity index (χ3n) is 8.26. The molecule has 2 aliphatic carbocycles. The van der Waals surface area contributed by atoms with Gasteiger partial charge in [-0.3, -0.25) is 14.6 Å². The van der Waals surface area contributed by atoms with Gasteiger partial charge in [0.1, 0.15) is 5.82 Å². The Morgan fingerprint density at radius 2 is 2.00 bits per heavy atom. The number of rotatable bonds is 6. The number of hydrogen-bond donors (Lipinski definition) is 2. The van der Waals surface area contributed by atoms with Gasteiger partial charge in [0.15, 0.2) is 11.6 Å². The topological polar surface area (TPSA) is 88.9 Å². The predicted octanol–water partition coefficient (Wildman–Crippen LogP) is 5.92. The molecule has 200 valence electrons. The van der Waals surface area contributed by atoms with Gasteiger partial charge in [-0.2, -0.15) is 9.89 Å². The third kappa shape index (κ3) is 4.91. The summed E-state index contributed by atoms with van der Waals surface area (Å²) >= 11 is 0. The van der Waals surface area contributed by atoms with Crippen LogP contribution in [-0.2, 0) is 9.59 Å². The normalized spacial score (nSPS) is 24.0. The molecule has 8 heteroatoms. The average molecular weight is 526 g/mol. The lowest BCUT2D eigenvalue weighted by Gasteiger charge is -2.35. The number of amides is 1. The van der Waals surface area contributed by atoms with E-state index in [2.05, 4.69) is 41.6 Å². The van der Waals surface area contributed by atoms with E-state index in [4.69, 9.17) is 0 Å². The fourth-order valence-corrected chi connectivity index (χ4v) is 5.62. The fraction of sp³-hybridized carbons (Fsp3) is 0.355. The summed E-state index contributed by atoms with van der Waals surface area (Å²) in [6, 6.07) is 10.2. The van der Waals surface area contributed by atoms with Crippen LogP contribution in [-0.4, -0.2) is 26.6 Å². The third-order valence-corrected chi connectivity index (χ3v) is 8.26. The summed E-state index contributed by atoms with van der Waals surface area (Å²) in [5.41, 5.74) is 7.74. The number of benzene rings is 1. The first-order valence-electron chi connectivity index (χ1n) is 13.6. The number of nitrogens with one attached hydrogen (secondary N) is 2. The minimum Gasteiger partial charge on any atom is -0.342 e. The SMILES string of the molecule is CC(C)C1CC(=O)C2=C(C1)Nc1c(cnn1NC(=O)C1CC1C)C2/C=C/c1ccc(-c2cccc(F)c2)cn1. The minimum atomic E-state index is -0.313. The second-order valence-corrected chi connectivity index (χ2v) is 11.3. The van der Waals surface area contributed by atoms with Crippen LogP contribution in [0, 0.1) is 29.5 Å². The Morgan fingerprint density at radius 3 is 2.69 bits per heavy atom. The molecule has 0 radical (unpaired) electrons. The molecule has 1 fully saturated rings. The minimum absolute atomic E-state index is 0.0157. The van der Waals surface area contributed by atoms with E-state index in [1.165, 1.54) is 16.9 Å². The quantitative estimate of drug-likeness (QED) is 0.417. The molecule has 1 amide bonds. The number of pyridine rings is 1. The first kappa shape index (κ1) is 25.2. The van der Waals surface area contributed by atoms with Crippen LogP contribution in [0.2, 0.25) is 0 Å². The van der Waals surface area contributed by atoms with Crippen LogP contribution in [0.25, 0.3) is 17.2 Å². The Labute approximate surface area is 227 Å². The summed E-state index contributed by atoms with van der Waals surface area (Å²) in [5.74, 6) is 1.22. The molecule has 3 aliphatic rings. The molecule has 39 heavy (non-hydrogen) atoms. The molecule has 1 saturated carbocycles. The molecule has 1 aromatic carbocycles. The number of anilines is 1. The Morgan fingerprint density at radius 1 is 1.18 bits per heavy atom. The van der Waals surface area contributed by atoms with Gasteiger partial charge in [0.05, 0.1) is 11.9 Å². The van der Waals surface area contributed by atoms with Gasteiger partial charge < -0.3 is 5.32 Å². The fourth-order valence-electron chi connectivity index (χ4n) is 5.62. The summed E-state index contributed by atoms with van der Waals surface area (Å²) in [5, 5.41) is 7.93. The number of hydrogen-bond acceptors (Lipinski definition) is 5. The average Bonchev–Trinajstić information content (AvgIpc) is 3.53. The Balaban J connectivity index is 1.32. The Hall–Kier alpha value is -4.07. The number of fused-ring (bicyclic) bond motifs is 1. The first-order valence-corrected chi connectivity index (χ1v) is 13.6. The van der Waals surface area contributed by atoms with E-state index >= 15 is 0 Å². The van der Waals surface area contributed by atoms with Gasteiger partial charge in [-0.15, -0.1) is 0 Å². The van der Waals surface area contributed by atoms with Gasteiger partial charge in [-0.1, -0.05) is 45.0 Å². The largest absolute Gasteiger partial charge is 0.342 e. The van der Waals surface area contributed by atoms with Crippen molar-refractivity contribution in [3.8, 4) is 11.1 Å². The second kappa shape index (κ2) is 9.91. The van der Waals surface area contributed by atoms with Gasteiger partial charge in [0.2, 0.25) is 5.91 Å².